The average molecular weight is 521 g/mol. The molecule has 0 saturated carbocycles. The van der Waals surface area contributed by atoms with Crippen molar-refractivity contribution in [2.24, 2.45) is 0 Å². The quantitative estimate of drug-likeness (QED) is 0.380. The molecule has 0 spiro atoms. The summed E-state index contributed by atoms with van der Waals surface area (Å²) in [4.78, 5) is 53.1. The summed E-state index contributed by atoms with van der Waals surface area (Å²) in [6.07, 6.45) is 1.42. The molecule has 2 N–H and O–H groups in total. The lowest BCUT2D eigenvalue weighted by atomic mass is 10.0. The standard InChI is InChI=1S/C28H32N4O6/c33-25-10-9-23(27(35)30-25)32-17-22-21(28(32)36)3-1-4-24(22)38-18-19-5-7-20(8-6-19)26(34)29-11-2-12-31-13-15-37-16-14-31/h1,3-8,23H,2,9-18H2,(H,29,34)(H,30,33,35). The Balaban J connectivity index is 1.13. The van der Waals surface area contributed by atoms with Crippen molar-refractivity contribution in [1.29, 1.82) is 0 Å². The third-order valence-corrected chi connectivity index (χ3v) is 7.19. The lowest BCUT2D eigenvalue weighted by molar-refractivity contribution is -0.136. The van der Waals surface area contributed by atoms with Gasteiger partial charge >= 0.3 is 0 Å². The molecule has 1 atom stereocenters. The first-order valence-electron chi connectivity index (χ1n) is 13.1. The van der Waals surface area contributed by atoms with Crippen LogP contribution in [0.2, 0.25) is 0 Å². The zero-order valence-electron chi connectivity index (χ0n) is 21.2. The topological polar surface area (TPSA) is 117 Å². The summed E-state index contributed by atoms with van der Waals surface area (Å²) in [5.41, 5.74) is 2.71. The highest BCUT2D eigenvalue weighted by atomic mass is 16.5. The fourth-order valence-electron chi connectivity index (χ4n) is 5.04. The van der Waals surface area contributed by atoms with Crippen LogP contribution in [0.1, 0.15) is 51.1 Å². The van der Waals surface area contributed by atoms with Gasteiger partial charge in [-0.2, -0.15) is 0 Å². The van der Waals surface area contributed by atoms with Crippen LogP contribution >= 0.6 is 0 Å². The molecule has 0 bridgehead atoms. The van der Waals surface area contributed by atoms with Crippen molar-refractivity contribution in [3.63, 3.8) is 0 Å². The van der Waals surface area contributed by atoms with Gasteiger partial charge in [-0.3, -0.25) is 29.4 Å². The number of imide groups is 1. The van der Waals surface area contributed by atoms with E-state index in [9.17, 15) is 19.2 Å². The minimum Gasteiger partial charge on any atom is -0.489 e. The Morgan fingerprint density at radius 1 is 1.08 bits per heavy atom. The lowest BCUT2D eigenvalue weighted by Gasteiger charge is -2.29. The predicted octanol–water partition coefficient (Wildman–Crippen LogP) is 1.48. The van der Waals surface area contributed by atoms with E-state index in [0.29, 0.717) is 29.8 Å². The summed E-state index contributed by atoms with van der Waals surface area (Å²) in [6.45, 7) is 5.51. The number of nitrogens with zero attached hydrogens (tertiary/aromatic N) is 2. The smallest absolute Gasteiger partial charge is 0.255 e. The molecule has 2 saturated heterocycles. The van der Waals surface area contributed by atoms with Gasteiger partial charge in [0, 0.05) is 42.7 Å². The van der Waals surface area contributed by atoms with Crippen LogP contribution in [0.15, 0.2) is 42.5 Å². The molecule has 5 rings (SSSR count). The molecular formula is C28H32N4O6. The predicted molar refractivity (Wildman–Crippen MR) is 137 cm³/mol. The van der Waals surface area contributed by atoms with E-state index in [1.165, 1.54) is 4.90 Å². The van der Waals surface area contributed by atoms with Crippen molar-refractivity contribution in [3.8, 4) is 5.75 Å². The molecular weight excluding hydrogens is 488 g/mol. The Bertz CT molecular complexity index is 1210. The summed E-state index contributed by atoms with van der Waals surface area (Å²) in [5.74, 6) is -0.516. The minimum absolute atomic E-state index is 0.104. The molecule has 0 aromatic heterocycles. The Kier molecular flexibility index (Phi) is 8.00. The van der Waals surface area contributed by atoms with Gasteiger partial charge in [-0.05, 0) is 49.2 Å². The number of ether oxygens (including phenoxy) is 2. The largest absolute Gasteiger partial charge is 0.489 e. The van der Waals surface area contributed by atoms with E-state index < -0.39 is 11.9 Å². The maximum atomic E-state index is 13.0. The number of hydrogen-bond donors (Lipinski definition) is 2. The second-order valence-corrected chi connectivity index (χ2v) is 9.73. The van der Waals surface area contributed by atoms with Crippen LogP contribution in [0.3, 0.4) is 0 Å². The van der Waals surface area contributed by atoms with Gasteiger partial charge in [-0.1, -0.05) is 18.2 Å². The van der Waals surface area contributed by atoms with Crippen LogP contribution < -0.4 is 15.4 Å². The molecule has 0 aliphatic carbocycles. The first kappa shape index (κ1) is 25.9. The monoisotopic (exact) mass is 520 g/mol. The number of morpholine rings is 1. The van der Waals surface area contributed by atoms with Crippen LogP contribution in [-0.2, 0) is 27.5 Å². The maximum Gasteiger partial charge on any atom is 0.255 e. The second-order valence-electron chi connectivity index (χ2n) is 9.73. The Morgan fingerprint density at radius 2 is 1.87 bits per heavy atom. The normalized spacial score (nSPS) is 19.7. The first-order chi connectivity index (χ1) is 18.5. The van der Waals surface area contributed by atoms with Crippen molar-refractivity contribution in [2.75, 3.05) is 39.4 Å². The van der Waals surface area contributed by atoms with Gasteiger partial charge in [0.05, 0.1) is 19.8 Å². The Morgan fingerprint density at radius 3 is 2.63 bits per heavy atom. The maximum absolute atomic E-state index is 13.0. The summed E-state index contributed by atoms with van der Waals surface area (Å²) in [6, 6.07) is 11.9. The molecule has 2 fully saturated rings. The number of fused-ring (bicyclic) bond motifs is 1. The molecule has 3 aliphatic heterocycles. The number of rotatable bonds is 9. The number of carbonyl (C=O) groups excluding carboxylic acids is 4. The molecule has 1 unspecified atom stereocenters. The van der Waals surface area contributed by atoms with Crippen molar-refractivity contribution in [3.05, 3.63) is 64.7 Å². The van der Waals surface area contributed by atoms with Crippen molar-refractivity contribution >= 4 is 23.6 Å². The van der Waals surface area contributed by atoms with Gasteiger partial charge in [-0.15, -0.1) is 0 Å². The molecule has 10 heteroatoms. The van der Waals surface area contributed by atoms with Crippen molar-refractivity contribution in [2.45, 2.75) is 38.5 Å². The van der Waals surface area contributed by atoms with E-state index in [4.69, 9.17) is 9.47 Å². The Hall–Kier alpha value is -3.76. The molecule has 4 amide bonds. The van der Waals surface area contributed by atoms with Gasteiger partial charge in [0.1, 0.15) is 18.4 Å². The number of amides is 4. The van der Waals surface area contributed by atoms with Crippen LogP contribution in [0, 0.1) is 0 Å². The van der Waals surface area contributed by atoms with E-state index in [0.717, 1.165) is 50.4 Å². The van der Waals surface area contributed by atoms with Crippen LogP contribution in [-0.4, -0.2) is 78.9 Å². The van der Waals surface area contributed by atoms with Gasteiger partial charge < -0.3 is 19.7 Å². The molecule has 3 heterocycles. The molecule has 38 heavy (non-hydrogen) atoms. The lowest BCUT2D eigenvalue weighted by Crippen LogP contribution is -2.52. The van der Waals surface area contributed by atoms with Crippen molar-refractivity contribution < 1.29 is 28.7 Å². The van der Waals surface area contributed by atoms with Gasteiger partial charge in [0.15, 0.2) is 0 Å². The number of benzene rings is 2. The fraction of sp³-hybridized carbons (Fsp3) is 0.429. The molecule has 200 valence electrons. The summed E-state index contributed by atoms with van der Waals surface area (Å²) in [7, 11) is 0. The summed E-state index contributed by atoms with van der Waals surface area (Å²) < 4.78 is 11.4. The van der Waals surface area contributed by atoms with E-state index in [-0.39, 0.29) is 37.3 Å². The summed E-state index contributed by atoms with van der Waals surface area (Å²) >= 11 is 0. The molecule has 0 radical (unpaired) electrons. The SMILES string of the molecule is O=C1CCC(N2Cc3c(OCc4ccc(C(=O)NCCCN5CCOCC5)cc4)cccc3C2=O)C(=O)N1. The van der Waals surface area contributed by atoms with Crippen LogP contribution in [0.5, 0.6) is 5.75 Å². The Labute approximate surface area is 221 Å². The first-order valence-corrected chi connectivity index (χ1v) is 13.1. The highest BCUT2D eigenvalue weighted by Crippen LogP contribution is 2.34. The number of piperidine rings is 1. The van der Waals surface area contributed by atoms with Gasteiger partial charge in [-0.25, -0.2) is 0 Å². The number of hydrogen-bond acceptors (Lipinski definition) is 7. The van der Waals surface area contributed by atoms with Crippen molar-refractivity contribution in [1.82, 2.24) is 20.4 Å². The van der Waals surface area contributed by atoms with E-state index in [2.05, 4.69) is 15.5 Å². The fourth-order valence-corrected chi connectivity index (χ4v) is 5.04. The third-order valence-electron chi connectivity index (χ3n) is 7.19. The highest BCUT2D eigenvalue weighted by molar-refractivity contribution is 6.05. The number of nitrogens with one attached hydrogen (secondary N) is 2. The molecule has 3 aliphatic rings. The van der Waals surface area contributed by atoms with E-state index >= 15 is 0 Å². The van der Waals surface area contributed by atoms with E-state index in [1.807, 2.05) is 12.1 Å². The zero-order chi connectivity index (χ0) is 26.5. The van der Waals surface area contributed by atoms with Crippen LogP contribution in [0.4, 0.5) is 0 Å². The zero-order valence-corrected chi connectivity index (χ0v) is 21.2. The third kappa shape index (κ3) is 5.87. The van der Waals surface area contributed by atoms with Gasteiger partial charge in [0.2, 0.25) is 11.8 Å². The number of carbonyl (C=O) groups is 4. The summed E-state index contributed by atoms with van der Waals surface area (Å²) in [5, 5.41) is 5.29. The highest BCUT2D eigenvalue weighted by Gasteiger charge is 2.40. The van der Waals surface area contributed by atoms with Gasteiger partial charge in [0.25, 0.3) is 11.8 Å². The second kappa shape index (κ2) is 11.7. The average Bonchev–Trinajstić information content (AvgIpc) is 3.27. The molecule has 10 nitrogen and oxygen atoms in total. The van der Waals surface area contributed by atoms with E-state index in [1.54, 1.807) is 30.3 Å². The molecule has 2 aromatic rings. The minimum atomic E-state index is -0.668. The molecule has 2 aromatic carbocycles. The van der Waals surface area contributed by atoms with Crippen LogP contribution in [0.25, 0.3) is 0 Å².